The highest BCUT2D eigenvalue weighted by Gasteiger charge is 2.18. The molecule has 1 amide bonds. The summed E-state index contributed by atoms with van der Waals surface area (Å²) in [5.74, 6) is 0.527. The molecule has 0 radical (unpaired) electrons. The zero-order valence-corrected chi connectivity index (χ0v) is 21.1. The first-order chi connectivity index (χ1) is 15.7. The molecule has 4 aromatic rings. The van der Waals surface area contributed by atoms with Gasteiger partial charge in [-0.1, -0.05) is 33.6 Å². The second-order valence-electron chi connectivity index (χ2n) is 7.40. The summed E-state index contributed by atoms with van der Waals surface area (Å²) in [5, 5.41) is 6.17. The number of hydrogen-bond acceptors (Lipinski definition) is 5. The van der Waals surface area contributed by atoms with Gasteiger partial charge >= 0.3 is 0 Å². The highest BCUT2D eigenvalue weighted by molar-refractivity contribution is 9.10. The molecule has 1 heterocycles. The molecule has 0 bridgehead atoms. The van der Waals surface area contributed by atoms with E-state index in [-0.39, 0.29) is 5.11 Å². The molecule has 4 rings (SSSR count). The van der Waals surface area contributed by atoms with Crippen LogP contribution in [-0.2, 0) is 0 Å². The van der Waals surface area contributed by atoms with Gasteiger partial charge in [0.15, 0.2) is 10.7 Å². The average Bonchev–Trinajstić information content (AvgIpc) is 3.17. The Balaban J connectivity index is 1.55. The highest BCUT2D eigenvalue weighted by atomic mass is 79.9. The van der Waals surface area contributed by atoms with Crippen LogP contribution in [0.3, 0.4) is 0 Å². The average molecular weight is 545 g/mol. The summed E-state index contributed by atoms with van der Waals surface area (Å²) in [7, 11) is 1.52. The fourth-order valence-electron chi connectivity index (χ4n) is 3.40. The SMILES string of the molecule is COc1c(C)cc(Br)cc1C(=O)NC(=S)Nc1cc(-c2nc3ccc(C)cc3o2)ccc1Cl. The third-order valence-electron chi connectivity index (χ3n) is 4.92. The van der Waals surface area contributed by atoms with E-state index in [9.17, 15) is 4.79 Å². The van der Waals surface area contributed by atoms with Crippen molar-refractivity contribution >= 4 is 67.6 Å². The number of carbonyl (C=O) groups excluding carboxylic acids is 1. The summed E-state index contributed by atoms with van der Waals surface area (Å²) in [6, 6.07) is 14.6. The number of nitrogens with zero attached hydrogens (tertiary/aromatic N) is 1. The minimum atomic E-state index is -0.407. The summed E-state index contributed by atoms with van der Waals surface area (Å²) in [5.41, 5.74) is 4.96. The minimum absolute atomic E-state index is 0.0897. The van der Waals surface area contributed by atoms with Crippen molar-refractivity contribution in [2.24, 2.45) is 0 Å². The van der Waals surface area contributed by atoms with Crippen LogP contribution < -0.4 is 15.4 Å². The van der Waals surface area contributed by atoms with Crippen LogP contribution in [-0.4, -0.2) is 23.1 Å². The number of amides is 1. The molecule has 0 aliphatic heterocycles. The number of hydrogen-bond donors (Lipinski definition) is 2. The van der Waals surface area contributed by atoms with Crippen molar-refractivity contribution in [3.05, 3.63) is 74.7 Å². The smallest absolute Gasteiger partial charge is 0.261 e. The van der Waals surface area contributed by atoms with Crippen LogP contribution in [0.5, 0.6) is 5.75 Å². The molecule has 0 saturated heterocycles. The molecule has 168 valence electrons. The molecule has 0 fully saturated rings. The standard InChI is InChI=1S/C24H19BrClN3O3S/c1-12-4-7-18-20(8-12)32-23(27-18)14-5-6-17(26)19(10-14)28-24(33)29-22(30)16-11-15(25)9-13(2)21(16)31-3/h4-11H,1-3H3,(H2,28,29,30,33). The normalized spacial score (nSPS) is 10.8. The van der Waals surface area contributed by atoms with Crippen molar-refractivity contribution in [3.8, 4) is 17.2 Å². The maximum atomic E-state index is 12.8. The molecule has 2 N–H and O–H groups in total. The molecule has 0 aliphatic rings. The van der Waals surface area contributed by atoms with Crippen LogP contribution >= 0.6 is 39.7 Å². The molecule has 33 heavy (non-hydrogen) atoms. The molecule has 0 unspecified atom stereocenters. The third kappa shape index (κ3) is 5.03. The fraction of sp³-hybridized carbons (Fsp3) is 0.125. The van der Waals surface area contributed by atoms with Gasteiger partial charge in [0.1, 0.15) is 11.3 Å². The Hall–Kier alpha value is -2.94. The molecule has 0 aliphatic carbocycles. The van der Waals surface area contributed by atoms with E-state index in [0.717, 1.165) is 21.1 Å². The predicted octanol–water partition coefficient (Wildman–Crippen LogP) is 6.66. The molecular weight excluding hydrogens is 526 g/mol. The van der Waals surface area contributed by atoms with Crippen molar-refractivity contribution in [3.63, 3.8) is 0 Å². The number of methoxy groups -OCH3 is 1. The Labute approximate surface area is 209 Å². The van der Waals surface area contributed by atoms with E-state index >= 15 is 0 Å². The van der Waals surface area contributed by atoms with Crippen LogP contribution in [0, 0.1) is 13.8 Å². The first kappa shape index (κ1) is 23.2. The van der Waals surface area contributed by atoms with Crippen molar-refractivity contribution in [2.75, 3.05) is 12.4 Å². The van der Waals surface area contributed by atoms with Gasteiger partial charge in [-0.15, -0.1) is 0 Å². The van der Waals surface area contributed by atoms with Crippen molar-refractivity contribution in [1.29, 1.82) is 0 Å². The number of halogens is 2. The third-order valence-corrected chi connectivity index (χ3v) is 5.91. The van der Waals surface area contributed by atoms with Gasteiger partial charge in [0.2, 0.25) is 5.89 Å². The second-order valence-corrected chi connectivity index (χ2v) is 9.13. The monoisotopic (exact) mass is 543 g/mol. The predicted molar refractivity (Wildman–Crippen MR) is 138 cm³/mol. The van der Waals surface area contributed by atoms with Crippen molar-refractivity contribution < 1.29 is 13.9 Å². The zero-order valence-electron chi connectivity index (χ0n) is 18.0. The number of nitrogens with one attached hydrogen (secondary N) is 2. The van der Waals surface area contributed by atoms with E-state index in [1.165, 1.54) is 7.11 Å². The summed E-state index contributed by atoms with van der Waals surface area (Å²) in [6.07, 6.45) is 0. The van der Waals surface area contributed by atoms with E-state index in [4.69, 9.17) is 33.0 Å². The van der Waals surface area contributed by atoms with E-state index < -0.39 is 5.91 Å². The van der Waals surface area contributed by atoms with Crippen molar-refractivity contribution in [2.45, 2.75) is 13.8 Å². The molecule has 6 nitrogen and oxygen atoms in total. The lowest BCUT2D eigenvalue weighted by Crippen LogP contribution is -2.34. The first-order valence-corrected chi connectivity index (χ1v) is 11.5. The summed E-state index contributed by atoms with van der Waals surface area (Å²) >= 11 is 15.1. The van der Waals surface area contributed by atoms with Gasteiger partial charge in [0, 0.05) is 10.0 Å². The van der Waals surface area contributed by atoms with Crippen LogP contribution in [0.4, 0.5) is 5.69 Å². The first-order valence-electron chi connectivity index (χ1n) is 9.88. The van der Waals surface area contributed by atoms with Gasteiger partial charge in [-0.05, 0) is 79.7 Å². The van der Waals surface area contributed by atoms with Crippen LogP contribution in [0.25, 0.3) is 22.6 Å². The summed E-state index contributed by atoms with van der Waals surface area (Å²) < 4.78 is 12.0. The largest absolute Gasteiger partial charge is 0.496 e. The minimum Gasteiger partial charge on any atom is -0.496 e. The highest BCUT2D eigenvalue weighted by Crippen LogP contribution is 2.31. The Morgan fingerprint density at radius 2 is 1.94 bits per heavy atom. The number of ether oxygens (including phenoxy) is 1. The Morgan fingerprint density at radius 3 is 2.70 bits per heavy atom. The number of fused-ring (bicyclic) bond motifs is 1. The summed E-state index contributed by atoms with van der Waals surface area (Å²) in [4.78, 5) is 17.4. The molecule has 0 saturated carbocycles. The van der Waals surface area contributed by atoms with Gasteiger partial charge in [-0.25, -0.2) is 4.98 Å². The van der Waals surface area contributed by atoms with Gasteiger partial charge in [0.05, 0.1) is 23.4 Å². The van der Waals surface area contributed by atoms with Crippen molar-refractivity contribution in [1.82, 2.24) is 10.3 Å². The number of aromatic nitrogens is 1. The van der Waals surface area contributed by atoms with E-state index in [1.807, 2.05) is 44.2 Å². The van der Waals surface area contributed by atoms with Crippen LogP contribution in [0.15, 0.2) is 57.4 Å². The molecule has 0 atom stereocenters. The lowest BCUT2D eigenvalue weighted by Gasteiger charge is -2.14. The fourth-order valence-corrected chi connectivity index (χ4v) is 4.34. The van der Waals surface area contributed by atoms with E-state index in [1.54, 1.807) is 18.2 Å². The zero-order chi connectivity index (χ0) is 23.7. The topological polar surface area (TPSA) is 76.4 Å². The van der Waals surface area contributed by atoms with Gasteiger partial charge < -0.3 is 14.5 Å². The Kier molecular flexibility index (Phi) is 6.69. The van der Waals surface area contributed by atoms with E-state index in [0.29, 0.717) is 39.1 Å². The van der Waals surface area contributed by atoms with Gasteiger partial charge in [0.25, 0.3) is 5.91 Å². The quantitative estimate of drug-likeness (QED) is 0.280. The van der Waals surface area contributed by atoms with Crippen LogP contribution in [0.2, 0.25) is 5.02 Å². The Bertz CT molecular complexity index is 1400. The van der Waals surface area contributed by atoms with Gasteiger partial charge in [-0.2, -0.15) is 0 Å². The number of rotatable bonds is 4. The number of oxazole rings is 1. The lowest BCUT2D eigenvalue weighted by molar-refractivity contribution is 0.0974. The van der Waals surface area contributed by atoms with Gasteiger partial charge in [-0.3, -0.25) is 10.1 Å². The Morgan fingerprint density at radius 1 is 1.15 bits per heavy atom. The number of anilines is 1. The maximum Gasteiger partial charge on any atom is 0.261 e. The lowest BCUT2D eigenvalue weighted by atomic mass is 10.1. The second kappa shape index (κ2) is 9.51. The molecule has 9 heteroatoms. The number of carbonyl (C=O) groups is 1. The molecular formula is C24H19BrClN3O3S. The van der Waals surface area contributed by atoms with E-state index in [2.05, 4.69) is 31.5 Å². The number of benzene rings is 3. The number of thiocarbonyl (C=S) groups is 1. The molecule has 3 aromatic carbocycles. The maximum absolute atomic E-state index is 12.8. The molecule has 1 aromatic heterocycles. The molecule has 0 spiro atoms. The van der Waals surface area contributed by atoms with Crippen LogP contribution in [0.1, 0.15) is 21.5 Å². The number of aryl methyl sites for hydroxylation is 2. The summed E-state index contributed by atoms with van der Waals surface area (Å²) in [6.45, 7) is 3.85.